The van der Waals surface area contributed by atoms with E-state index in [1.807, 2.05) is 6.92 Å². The van der Waals surface area contributed by atoms with Gasteiger partial charge in [0.05, 0.1) is 18.7 Å². The average molecular weight is 462 g/mol. The molecule has 0 aromatic carbocycles. The molecule has 2 heterocycles. The Balaban J connectivity index is 0.00000300. The van der Waals surface area contributed by atoms with E-state index in [-0.39, 0.29) is 28.5 Å². The summed E-state index contributed by atoms with van der Waals surface area (Å²) < 4.78 is 4.16. The van der Waals surface area contributed by atoms with Crippen LogP contribution in [0.15, 0.2) is 18.3 Å². The van der Waals surface area contributed by atoms with Gasteiger partial charge in [-0.1, -0.05) is 39.5 Å². The molecular formula is C23H32BrN3O2. The molecule has 0 unspecified atom stereocenters. The van der Waals surface area contributed by atoms with Gasteiger partial charge in [0.2, 0.25) is 17.2 Å². The van der Waals surface area contributed by atoms with Crippen LogP contribution in [0, 0.1) is 6.92 Å². The third-order valence-corrected chi connectivity index (χ3v) is 5.71. The Labute approximate surface area is 184 Å². The molecule has 3 rings (SSSR count). The first-order valence-electron chi connectivity index (χ1n) is 10.8. The lowest BCUT2D eigenvalue weighted by atomic mass is 9.94. The molecule has 1 aliphatic carbocycles. The predicted octanol–water partition coefficient (Wildman–Crippen LogP) is 1.42. The summed E-state index contributed by atoms with van der Waals surface area (Å²) in [5, 5.41) is 0. The first-order chi connectivity index (χ1) is 13.6. The number of halogens is 1. The van der Waals surface area contributed by atoms with Gasteiger partial charge < -0.3 is 17.0 Å². The molecule has 0 fully saturated rings. The molecule has 0 radical (unpaired) electrons. The lowest BCUT2D eigenvalue weighted by molar-refractivity contribution is -0.704. The Morgan fingerprint density at radius 3 is 2.34 bits per heavy atom. The van der Waals surface area contributed by atoms with E-state index in [0.717, 1.165) is 44.6 Å². The van der Waals surface area contributed by atoms with Gasteiger partial charge in [-0.25, -0.2) is 9.13 Å². The van der Waals surface area contributed by atoms with Gasteiger partial charge >= 0.3 is 0 Å². The molecule has 29 heavy (non-hydrogen) atoms. The SMILES string of the molecule is CCCCCCn1c2c([n+](CCCCCC)c1C)C(=O)c1ncccc1C2=O.[Br-]. The normalized spacial score (nSPS) is 12.5. The molecular weight excluding hydrogens is 430 g/mol. The highest BCUT2D eigenvalue weighted by Gasteiger charge is 2.43. The first-order valence-corrected chi connectivity index (χ1v) is 10.8. The molecule has 0 spiro atoms. The van der Waals surface area contributed by atoms with Crippen molar-refractivity contribution in [2.75, 3.05) is 0 Å². The van der Waals surface area contributed by atoms with Crippen LogP contribution in [0.5, 0.6) is 0 Å². The Kier molecular flexibility index (Phi) is 8.75. The van der Waals surface area contributed by atoms with Crippen molar-refractivity contribution in [3.05, 3.63) is 46.8 Å². The quantitative estimate of drug-likeness (QED) is 0.338. The van der Waals surface area contributed by atoms with Gasteiger partial charge in [-0.3, -0.25) is 14.6 Å². The second-order valence-electron chi connectivity index (χ2n) is 7.73. The number of imidazole rings is 1. The zero-order valence-electron chi connectivity index (χ0n) is 17.8. The van der Waals surface area contributed by atoms with Crippen molar-refractivity contribution in [3.8, 4) is 0 Å². The standard InChI is InChI=1S/C23H32N3O2.BrH/c1-4-6-8-10-15-25-17(3)26(16-11-9-7-5-2)21-20(25)22(27)18-13-12-14-24-19(18)23(21)28;/h12-14H,4-11,15-16H2,1-3H3;1H/q+1;/p-1. The van der Waals surface area contributed by atoms with Crippen LogP contribution in [-0.2, 0) is 13.1 Å². The highest BCUT2D eigenvalue weighted by molar-refractivity contribution is 6.25. The van der Waals surface area contributed by atoms with Crippen LogP contribution < -0.4 is 21.5 Å². The molecule has 158 valence electrons. The van der Waals surface area contributed by atoms with Gasteiger partial charge in [-0.15, -0.1) is 0 Å². The summed E-state index contributed by atoms with van der Waals surface area (Å²) in [6.45, 7) is 7.98. The van der Waals surface area contributed by atoms with Crippen molar-refractivity contribution in [1.82, 2.24) is 9.55 Å². The summed E-state index contributed by atoms with van der Waals surface area (Å²) in [7, 11) is 0. The number of carbonyl (C=O) groups is 2. The van der Waals surface area contributed by atoms with Crippen molar-refractivity contribution < 1.29 is 31.1 Å². The fourth-order valence-corrected chi connectivity index (χ4v) is 4.13. The molecule has 6 heteroatoms. The van der Waals surface area contributed by atoms with Crippen molar-refractivity contribution in [2.45, 2.75) is 85.2 Å². The third-order valence-electron chi connectivity index (χ3n) is 5.71. The highest BCUT2D eigenvalue weighted by Crippen LogP contribution is 2.26. The van der Waals surface area contributed by atoms with E-state index >= 15 is 0 Å². The van der Waals surface area contributed by atoms with Crippen LogP contribution in [-0.4, -0.2) is 21.1 Å². The van der Waals surface area contributed by atoms with Crippen LogP contribution in [0.1, 0.15) is 103 Å². The second kappa shape index (κ2) is 10.8. The second-order valence-corrected chi connectivity index (χ2v) is 7.73. The van der Waals surface area contributed by atoms with Gasteiger partial charge in [0.25, 0.3) is 11.6 Å². The summed E-state index contributed by atoms with van der Waals surface area (Å²) in [4.78, 5) is 30.8. The largest absolute Gasteiger partial charge is 1.00 e. The fraction of sp³-hybridized carbons (Fsp3) is 0.565. The fourth-order valence-electron chi connectivity index (χ4n) is 4.13. The zero-order chi connectivity index (χ0) is 20.1. The Morgan fingerprint density at radius 1 is 0.966 bits per heavy atom. The number of nitrogens with zero attached hydrogens (tertiary/aromatic N) is 3. The highest BCUT2D eigenvalue weighted by atomic mass is 79.9. The maximum atomic E-state index is 13.3. The van der Waals surface area contributed by atoms with Gasteiger partial charge in [-0.05, 0) is 37.8 Å². The lowest BCUT2D eigenvalue weighted by Crippen LogP contribution is -3.00. The van der Waals surface area contributed by atoms with Gasteiger partial charge in [-0.2, -0.15) is 0 Å². The molecule has 5 nitrogen and oxygen atoms in total. The Morgan fingerprint density at radius 2 is 1.66 bits per heavy atom. The topological polar surface area (TPSA) is 55.8 Å². The molecule has 0 amide bonds. The van der Waals surface area contributed by atoms with E-state index in [9.17, 15) is 9.59 Å². The van der Waals surface area contributed by atoms with E-state index in [4.69, 9.17) is 0 Å². The molecule has 0 N–H and O–H groups in total. The molecule has 0 bridgehead atoms. The van der Waals surface area contributed by atoms with Crippen LogP contribution in [0.3, 0.4) is 0 Å². The average Bonchev–Trinajstić information content (AvgIpc) is 2.99. The zero-order valence-corrected chi connectivity index (χ0v) is 19.4. The molecule has 0 saturated heterocycles. The number of rotatable bonds is 10. The van der Waals surface area contributed by atoms with Crippen molar-refractivity contribution in [1.29, 1.82) is 0 Å². The number of ketones is 2. The summed E-state index contributed by atoms with van der Waals surface area (Å²) >= 11 is 0. The first kappa shape index (κ1) is 23.5. The lowest BCUT2D eigenvalue weighted by Gasteiger charge is -2.12. The minimum atomic E-state index is -0.115. The molecule has 2 aromatic rings. The summed E-state index contributed by atoms with van der Waals surface area (Å²) in [5.41, 5.74) is 1.84. The van der Waals surface area contributed by atoms with E-state index in [1.165, 1.54) is 25.7 Å². The Bertz CT molecular complexity index is 805. The summed E-state index contributed by atoms with van der Waals surface area (Å²) in [6, 6.07) is 3.45. The maximum absolute atomic E-state index is 13.3. The molecule has 1 aliphatic rings. The van der Waals surface area contributed by atoms with Crippen LogP contribution in [0.4, 0.5) is 0 Å². The van der Waals surface area contributed by atoms with E-state index in [1.54, 1.807) is 18.3 Å². The number of fused-ring (bicyclic) bond motifs is 2. The third kappa shape index (κ3) is 4.68. The van der Waals surface area contributed by atoms with Crippen molar-refractivity contribution in [2.24, 2.45) is 0 Å². The number of aromatic nitrogens is 3. The van der Waals surface area contributed by atoms with Crippen molar-refractivity contribution in [3.63, 3.8) is 0 Å². The minimum absolute atomic E-state index is 0. The predicted molar refractivity (Wildman–Crippen MR) is 109 cm³/mol. The van der Waals surface area contributed by atoms with Gasteiger partial charge in [0, 0.05) is 13.1 Å². The van der Waals surface area contributed by atoms with Gasteiger partial charge in [0.1, 0.15) is 5.69 Å². The number of hydrogen-bond acceptors (Lipinski definition) is 3. The molecule has 0 aliphatic heterocycles. The van der Waals surface area contributed by atoms with Crippen LogP contribution >= 0.6 is 0 Å². The molecule has 2 aromatic heterocycles. The monoisotopic (exact) mass is 461 g/mol. The van der Waals surface area contributed by atoms with Crippen LogP contribution in [0.25, 0.3) is 0 Å². The number of hydrogen-bond donors (Lipinski definition) is 0. The molecule has 0 saturated carbocycles. The van der Waals surface area contributed by atoms with Crippen LogP contribution in [0.2, 0.25) is 0 Å². The van der Waals surface area contributed by atoms with Crippen molar-refractivity contribution >= 4 is 11.6 Å². The van der Waals surface area contributed by atoms with E-state index < -0.39 is 0 Å². The maximum Gasteiger partial charge on any atom is 0.255 e. The number of unbranched alkanes of at least 4 members (excludes halogenated alkanes) is 6. The summed E-state index contributed by atoms with van der Waals surface area (Å²) in [5.74, 6) is 0.826. The number of carbonyl (C=O) groups excluding carboxylic acids is 2. The number of pyridine rings is 1. The van der Waals surface area contributed by atoms with Gasteiger partial charge in [0.15, 0.2) is 0 Å². The Hall–Kier alpha value is -1.82. The minimum Gasteiger partial charge on any atom is -1.00 e. The summed E-state index contributed by atoms with van der Waals surface area (Å²) in [6.07, 6.45) is 10.6. The van der Waals surface area contributed by atoms with E-state index in [0.29, 0.717) is 22.6 Å². The van der Waals surface area contributed by atoms with E-state index in [2.05, 4.69) is 28.0 Å². The smallest absolute Gasteiger partial charge is 0.255 e. The molecule has 0 atom stereocenters.